The van der Waals surface area contributed by atoms with Crippen molar-refractivity contribution in [1.82, 2.24) is 15.5 Å². The number of carbonyl (C=O) groups excluding carboxylic acids is 2. The van der Waals surface area contributed by atoms with Gasteiger partial charge in [0.05, 0.1) is 11.3 Å². The predicted octanol–water partition coefficient (Wildman–Crippen LogP) is 0.607. The Labute approximate surface area is 116 Å². The molecule has 19 heavy (non-hydrogen) atoms. The number of amides is 2. The molecule has 5 heteroatoms. The maximum atomic E-state index is 12.7. The number of nitrogens with zero attached hydrogens (tertiary/aromatic N) is 1. The first-order valence-corrected chi connectivity index (χ1v) is 7.14. The third-order valence-corrected chi connectivity index (χ3v) is 4.01. The van der Waals surface area contributed by atoms with Gasteiger partial charge in [-0.2, -0.15) is 0 Å². The molecule has 1 rings (SSSR count). The molecule has 0 aromatic carbocycles. The molecule has 0 radical (unpaired) electrons. The van der Waals surface area contributed by atoms with Crippen molar-refractivity contribution < 1.29 is 9.59 Å². The standard InChI is InChI=1S/C14H27N3O2/c1-5-6-14(7-8-16-10-14)13(19)17(4)9-11(2)12(18)15-3/h11,16H,5-10H2,1-4H3,(H,15,18). The van der Waals surface area contributed by atoms with Gasteiger partial charge >= 0.3 is 0 Å². The molecule has 5 nitrogen and oxygen atoms in total. The van der Waals surface area contributed by atoms with Gasteiger partial charge < -0.3 is 15.5 Å². The lowest BCUT2D eigenvalue weighted by Gasteiger charge is -2.32. The first kappa shape index (κ1) is 16.0. The van der Waals surface area contributed by atoms with E-state index in [1.165, 1.54) is 0 Å². The van der Waals surface area contributed by atoms with Crippen LogP contribution in [0.25, 0.3) is 0 Å². The van der Waals surface area contributed by atoms with E-state index in [4.69, 9.17) is 0 Å². The van der Waals surface area contributed by atoms with Crippen molar-refractivity contribution >= 4 is 11.8 Å². The van der Waals surface area contributed by atoms with E-state index >= 15 is 0 Å². The van der Waals surface area contributed by atoms with Crippen molar-refractivity contribution in [3.05, 3.63) is 0 Å². The van der Waals surface area contributed by atoms with Gasteiger partial charge in [-0.25, -0.2) is 0 Å². The van der Waals surface area contributed by atoms with Crippen molar-refractivity contribution in [1.29, 1.82) is 0 Å². The van der Waals surface area contributed by atoms with Gasteiger partial charge in [0.25, 0.3) is 0 Å². The number of hydrogen-bond acceptors (Lipinski definition) is 3. The van der Waals surface area contributed by atoms with Gasteiger partial charge in [-0.1, -0.05) is 20.3 Å². The second kappa shape index (κ2) is 6.89. The first-order valence-electron chi connectivity index (χ1n) is 7.14. The molecule has 1 fully saturated rings. The Morgan fingerprint density at radius 2 is 2.16 bits per heavy atom. The van der Waals surface area contributed by atoms with E-state index in [1.807, 2.05) is 6.92 Å². The topological polar surface area (TPSA) is 61.4 Å². The van der Waals surface area contributed by atoms with Gasteiger partial charge in [0.2, 0.25) is 11.8 Å². The highest BCUT2D eigenvalue weighted by Gasteiger charge is 2.42. The maximum absolute atomic E-state index is 12.7. The van der Waals surface area contributed by atoms with Crippen LogP contribution in [0.4, 0.5) is 0 Å². The molecule has 1 aliphatic rings. The number of rotatable bonds is 6. The minimum atomic E-state index is -0.258. The Morgan fingerprint density at radius 3 is 2.63 bits per heavy atom. The van der Waals surface area contributed by atoms with E-state index in [9.17, 15) is 9.59 Å². The van der Waals surface area contributed by atoms with Gasteiger partial charge in [-0.05, 0) is 19.4 Å². The van der Waals surface area contributed by atoms with Crippen molar-refractivity contribution in [2.24, 2.45) is 11.3 Å². The normalized spacial score (nSPS) is 24.0. The fourth-order valence-corrected chi connectivity index (χ4v) is 2.95. The smallest absolute Gasteiger partial charge is 0.229 e. The Kier molecular flexibility index (Phi) is 5.79. The van der Waals surface area contributed by atoms with E-state index in [1.54, 1.807) is 19.0 Å². The summed E-state index contributed by atoms with van der Waals surface area (Å²) in [5, 5.41) is 5.92. The van der Waals surface area contributed by atoms with Crippen LogP contribution in [0.15, 0.2) is 0 Å². The largest absolute Gasteiger partial charge is 0.359 e. The summed E-state index contributed by atoms with van der Waals surface area (Å²) in [7, 11) is 3.43. The lowest BCUT2D eigenvalue weighted by Crippen LogP contribution is -2.46. The number of carbonyl (C=O) groups is 2. The van der Waals surface area contributed by atoms with Crippen LogP contribution in [0.3, 0.4) is 0 Å². The minimum absolute atomic E-state index is 0.0197. The van der Waals surface area contributed by atoms with E-state index in [0.717, 1.165) is 32.4 Å². The average molecular weight is 269 g/mol. The Bertz CT molecular complexity index is 325. The van der Waals surface area contributed by atoms with Gasteiger partial charge in [0, 0.05) is 27.2 Å². The SMILES string of the molecule is CCCC1(C(=O)N(C)CC(C)C(=O)NC)CCNC1. The molecule has 2 unspecified atom stereocenters. The van der Waals surface area contributed by atoms with Crippen LogP contribution < -0.4 is 10.6 Å². The predicted molar refractivity (Wildman–Crippen MR) is 75.7 cm³/mol. The van der Waals surface area contributed by atoms with Gasteiger partial charge in [0.1, 0.15) is 0 Å². The van der Waals surface area contributed by atoms with Gasteiger partial charge in [0.15, 0.2) is 0 Å². The van der Waals surface area contributed by atoms with E-state index < -0.39 is 0 Å². The molecule has 0 bridgehead atoms. The molecule has 2 amide bonds. The van der Waals surface area contributed by atoms with Crippen molar-refractivity contribution in [3.63, 3.8) is 0 Å². The molecule has 0 saturated carbocycles. The lowest BCUT2D eigenvalue weighted by atomic mass is 9.81. The first-order chi connectivity index (χ1) is 8.96. The molecule has 1 heterocycles. The summed E-state index contributed by atoms with van der Waals surface area (Å²) in [5.74, 6) is -0.0177. The Hall–Kier alpha value is -1.10. The monoisotopic (exact) mass is 269 g/mol. The van der Waals surface area contributed by atoms with Crippen LogP contribution in [0.1, 0.15) is 33.1 Å². The summed E-state index contributed by atoms with van der Waals surface area (Å²) in [6.07, 6.45) is 2.82. The van der Waals surface area contributed by atoms with Crippen molar-refractivity contribution in [2.75, 3.05) is 33.7 Å². The van der Waals surface area contributed by atoms with Crippen LogP contribution in [0, 0.1) is 11.3 Å². The highest BCUT2D eigenvalue weighted by Crippen LogP contribution is 2.33. The molecule has 0 aromatic rings. The zero-order valence-electron chi connectivity index (χ0n) is 12.6. The number of hydrogen-bond donors (Lipinski definition) is 2. The molecule has 0 aromatic heterocycles. The molecule has 1 saturated heterocycles. The van der Waals surface area contributed by atoms with Gasteiger partial charge in [-0.3, -0.25) is 9.59 Å². The summed E-state index contributed by atoms with van der Waals surface area (Å²) in [4.78, 5) is 25.9. The average Bonchev–Trinajstić information content (AvgIpc) is 2.86. The van der Waals surface area contributed by atoms with E-state index in [0.29, 0.717) is 6.54 Å². The molecular formula is C14H27N3O2. The fraction of sp³-hybridized carbons (Fsp3) is 0.857. The summed E-state index contributed by atoms with van der Waals surface area (Å²) in [6.45, 7) is 6.11. The maximum Gasteiger partial charge on any atom is 0.229 e. The Balaban J connectivity index is 2.66. The zero-order chi connectivity index (χ0) is 14.5. The summed E-state index contributed by atoms with van der Waals surface area (Å²) in [6, 6.07) is 0. The summed E-state index contributed by atoms with van der Waals surface area (Å²) in [5.41, 5.74) is -0.258. The molecule has 2 atom stereocenters. The molecule has 110 valence electrons. The highest BCUT2D eigenvalue weighted by atomic mass is 16.2. The fourth-order valence-electron chi connectivity index (χ4n) is 2.95. The summed E-state index contributed by atoms with van der Waals surface area (Å²) >= 11 is 0. The zero-order valence-corrected chi connectivity index (χ0v) is 12.6. The highest BCUT2D eigenvalue weighted by molar-refractivity contribution is 5.84. The molecule has 0 spiro atoms. The summed E-state index contributed by atoms with van der Waals surface area (Å²) < 4.78 is 0. The molecular weight excluding hydrogens is 242 g/mol. The van der Waals surface area contributed by atoms with Crippen LogP contribution in [0.2, 0.25) is 0 Å². The number of nitrogens with one attached hydrogen (secondary N) is 2. The van der Waals surface area contributed by atoms with E-state index in [-0.39, 0.29) is 23.1 Å². The molecule has 0 aliphatic carbocycles. The van der Waals surface area contributed by atoms with Gasteiger partial charge in [-0.15, -0.1) is 0 Å². The Morgan fingerprint density at radius 1 is 1.47 bits per heavy atom. The van der Waals surface area contributed by atoms with Crippen LogP contribution >= 0.6 is 0 Å². The van der Waals surface area contributed by atoms with Crippen LogP contribution in [0.5, 0.6) is 0 Å². The molecule has 2 N–H and O–H groups in total. The third-order valence-electron chi connectivity index (χ3n) is 4.01. The molecule has 1 aliphatic heterocycles. The van der Waals surface area contributed by atoms with Crippen molar-refractivity contribution in [2.45, 2.75) is 33.1 Å². The van der Waals surface area contributed by atoms with E-state index in [2.05, 4.69) is 17.6 Å². The minimum Gasteiger partial charge on any atom is -0.359 e. The second-order valence-corrected chi connectivity index (χ2v) is 5.66. The van der Waals surface area contributed by atoms with Crippen LogP contribution in [-0.2, 0) is 9.59 Å². The lowest BCUT2D eigenvalue weighted by molar-refractivity contribution is -0.141. The van der Waals surface area contributed by atoms with Crippen LogP contribution in [-0.4, -0.2) is 50.4 Å². The second-order valence-electron chi connectivity index (χ2n) is 5.66. The quantitative estimate of drug-likeness (QED) is 0.742. The van der Waals surface area contributed by atoms with Crippen molar-refractivity contribution in [3.8, 4) is 0 Å². The third kappa shape index (κ3) is 3.69.